The summed E-state index contributed by atoms with van der Waals surface area (Å²) < 4.78 is 13.2. The SMILES string of the molecule is CNCCCNC(=O)c1cc(F)cc([N+](=O)[O-])c1N.Cl. The Morgan fingerprint density at radius 3 is 2.65 bits per heavy atom. The summed E-state index contributed by atoms with van der Waals surface area (Å²) >= 11 is 0. The second-order valence-electron chi connectivity index (χ2n) is 3.86. The summed E-state index contributed by atoms with van der Waals surface area (Å²) in [7, 11) is 1.77. The molecule has 0 fully saturated rings. The van der Waals surface area contributed by atoms with Crippen molar-refractivity contribution in [1.29, 1.82) is 0 Å². The molecule has 0 saturated carbocycles. The van der Waals surface area contributed by atoms with Crippen LogP contribution in [0.1, 0.15) is 16.8 Å². The van der Waals surface area contributed by atoms with E-state index in [2.05, 4.69) is 10.6 Å². The van der Waals surface area contributed by atoms with Crippen LogP contribution in [0.5, 0.6) is 0 Å². The number of nitrogens with one attached hydrogen (secondary N) is 2. The Morgan fingerprint density at radius 1 is 1.45 bits per heavy atom. The molecule has 0 radical (unpaired) electrons. The van der Waals surface area contributed by atoms with Gasteiger partial charge in [0.2, 0.25) is 0 Å². The maximum atomic E-state index is 13.2. The van der Waals surface area contributed by atoms with Crippen LogP contribution in [0.4, 0.5) is 15.8 Å². The molecule has 9 heteroatoms. The van der Waals surface area contributed by atoms with Gasteiger partial charge in [0.1, 0.15) is 11.5 Å². The number of nitrogens with zero attached hydrogens (tertiary/aromatic N) is 1. The number of hydrogen-bond acceptors (Lipinski definition) is 5. The fourth-order valence-electron chi connectivity index (χ4n) is 1.50. The van der Waals surface area contributed by atoms with Crippen LogP contribution in [-0.2, 0) is 0 Å². The third-order valence-corrected chi connectivity index (χ3v) is 2.45. The van der Waals surface area contributed by atoms with Crippen molar-refractivity contribution in [2.45, 2.75) is 6.42 Å². The van der Waals surface area contributed by atoms with Crippen molar-refractivity contribution in [3.8, 4) is 0 Å². The first-order valence-electron chi connectivity index (χ1n) is 5.63. The molecule has 0 spiro atoms. The van der Waals surface area contributed by atoms with Crippen LogP contribution in [0.3, 0.4) is 0 Å². The molecule has 0 bridgehead atoms. The number of halogens is 2. The lowest BCUT2D eigenvalue weighted by Crippen LogP contribution is -2.27. The van der Waals surface area contributed by atoms with Crippen LogP contribution in [0.25, 0.3) is 0 Å². The molecule has 7 nitrogen and oxygen atoms in total. The molecule has 0 aliphatic carbocycles. The number of amides is 1. The molecule has 1 aromatic carbocycles. The van der Waals surface area contributed by atoms with Crippen LogP contribution in [0.2, 0.25) is 0 Å². The van der Waals surface area contributed by atoms with Gasteiger partial charge in [0, 0.05) is 6.54 Å². The Balaban J connectivity index is 0.00000361. The van der Waals surface area contributed by atoms with Gasteiger partial charge >= 0.3 is 0 Å². The Morgan fingerprint density at radius 2 is 2.10 bits per heavy atom. The molecule has 4 N–H and O–H groups in total. The van der Waals surface area contributed by atoms with Crippen molar-refractivity contribution < 1.29 is 14.1 Å². The summed E-state index contributed by atoms with van der Waals surface area (Å²) in [5.74, 6) is -1.50. The number of nitro groups is 1. The number of carbonyl (C=O) groups excluding carboxylic acids is 1. The van der Waals surface area contributed by atoms with E-state index in [4.69, 9.17) is 5.73 Å². The second kappa shape index (κ2) is 8.28. The maximum Gasteiger partial charge on any atom is 0.295 e. The maximum absolute atomic E-state index is 13.2. The van der Waals surface area contributed by atoms with Gasteiger partial charge in [-0.05, 0) is 26.1 Å². The zero-order chi connectivity index (χ0) is 14.4. The minimum Gasteiger partial charge on any atom is -0.393 e. The zero-order valence-corrected chi connectivity index (χ0v) is 11.6. The van der Waals surface area contributed by atoms with Gasteiger partial charge in [-0.15, -0.1) is 12.4 Å². The number of nitrogens with two attached hydrogens (primary N) is 1. The fraction of sp³-hybridized carbons (Fsp3) is 0.364. The van der Waals surface area contributed by atoms with E-state index < -0.39 is 22.3 Å². The molecule has 1 aromatic rings. The largest absolute Gasteiger partial charge is 0.393 e. The van der Waals surface area contributed by atoms with Gasteiger partial charge in [-0.2, -0.15) is 0 Å². The molecular weight excluding hydrogens is 291 g/mol. The minimum atomic E-state index is -0.874. The summed E-state index contributed by atoms with van der Waals surface area (Å²) in [5.41, 5.74) is 4.33. The minimum absolute atomic E-state index is 0. The number of nitrogen functional groups attached to an aromatic ring is 1. The van der Waals surface area contributed by atoms with Crippen LogP contribution >= 0.6 is 12.4 Å². The molecular formula is C11H16ClFN4O3. The number of carbonyl (C=O) groups is 1. The summed E-state index contributed by atoms with van der Waals surface area (Å²) in [6, 6.07) is 1.57. The molecule has 0 saturated heterocycles. The van der Waals surface area contributed by atoms with Gasteiger partial charge in [-0.25, -0.2) is 4.39 Å². The monoisotopic (exact) mass is 306 g/mol. The van der Waals surface area contributed by atoms with Crippen molar-refractivity contribution in [3.63, 3.8) is 0 Å². The molecule has 0 atom stereocenters. The van der Waals surface area contributed by atoms with E-state index in [0.717, 1.165) is 6.07 Å². The first-order chi connectivity index (χ1) is 8.97. The van der Waals surface area contributed by atoms with Crippen molar-refractivity contribution >= 4 is 29.7 Å². The lowest BCUT2D eigenvalue weighted by Gasteiger charge is -2.08. The van der Waals surface area contributed by atoms with E-state index in [1.807, 2.05) is 0 Å². The number of benzene rings is 1. The average molecular weight is 307 g/mol. The zero-order valence-electron chi connectivity index (χ0n) is 10.8. The van der Waals surface area contributed by atoms with E-state index in [9.17, 15) is 19.3 Å². The molecule has 0 heterocycles. The average Bonchev–Trinajstić information content (AvgIpc) is 2.36. The number of rotatable bonds is 6. The summed E-state index contributed by atoms with van der Waals surface area (Å²) in [6.07, 6.45) is 0.680. The van der Waals surface area contributed by atoms with Crippen molar-refractivity contribution in [1.82, 2.24) is 10.6 Å². The predicted molar refractivity (Wildman–Crippen MR) is 75.6 cm³/mol. The normalized spacial score (nSPS) is 9.70. The molecule has 0 aliphatic rings. The highest BCUT2D eigenvalue weighted by atomic mass is 35.5. The van der Waals surface area contributed by atoms with E-state index >= 15 is 0 Å². The summed E-state index contributed by atoms with van der Waals surface area (Å²) in [6.45, 7) is 1.07. The third kappa shape index (κ3) is 4.63. The Hall–Kier alpha value is -1.93. The number of hydrogen-bond donors (Lipinski definition) is 3. The molecule has 1 amide bonds. The lowest BCUT2D eigenvalue weighted by atomic mass is 10.1. The van der Waals surface area contributed by atoms with Crippen molar-refractivity contribution in [2.24, 2.45) is 0 Å². The highest BCUT2D eigenvalue weighted by Crippen LogP contribution is 2.26. The van der Waals surface area contributed by atoms with E-state index in [1.54, 1.807) is 7.05 Å². The Labute approximate surface area is 121 Å². The number of nitro benzene ring substituents is 1. The molecule has 0 unspecified atom stereocenters. The van der Waals surface area contributed by atoms with Gasteiger partial charge in [-0.1, -0.05) is 0 Å². The van der Waals surface area contributed by atoms with Gasteiger partial charge in [-0.3, -0.25) is 14.9 Å². The first kappa shape index (κ1) is 18.1. The van der Waals surface area contributed by atoms with Crippen LogP contribution < -0.4 is 16.4 Å². The first-order valence-corrected chi connectivity index (χ1v) is 5.63. The smallest absolute Gasteiger partial charge is 0.295 e. The highest BCUT2D eigenvalue weighted by Gasteiger charge is 2.21. The standard InChI is InChI=1S/C11H15FN4O3.ClH/c1-14-3-2-4-15-11(17)8-5-7(12)6-9(10(8)13)16(18)19;/h5-6,14H,2-4,13H2,1H3,(H,15,17);1H. The Kier molecular flexibility index (Phi) is 7.48. The third-order valence-electron chi connectivity index (χ3n) is 2.45. The molecule has 0 aromatic heterocycles. The van der Waals surface area contributed by atoms with E-state index in [1.165, 1.54) is 0 Å². The van der Waals surface area contributed by atoms with Gasteiger partial charge in [0.25, 0.3) is 11.6 Å². The summed E-state index contributed by atoms with van der Waals surface area (Å²) in [5, 5.41) is 16.1. The van der Waals surface area contributed by atoms with Crippen LogP contribution in [0, 0.1) is 15.9 Å². The quantitative estimate of drug-likeness (QED) is 0.315. The van der Waals surface area contributed by atoms with Crippen LogP contribution in [0.15, 0.2) is 12.1 Å². The predicted octanol–water partition coefficient (Wildman–Crippen LogP) is 1.08. The van der Waals surface area contributed by atoms with Gasteiger partial charge in [0.15, 0.2) is 0 Å². The number of anilines is 1. The molecule has 0 aliphatic heterocycles. The molecule has 112 valence electrons. The molecule has 20 heavy (non-hydrogen) atoms. The highest BCUT2D eigenvalue weighted by molar-refractivity contribution is 6.01. The van der Waals surface area contributed by atoms with Gasteiger partial charge < -0.3 is 16.4 Å². The van der Waals surface area contributed by atoms with E-state index in [-0.39, 0.29) is 23.7 Å². The fourth-order valence-corrected chi connectivity index (χ4v) is 1.50. The molecule has 1 rings (SSSR count). The summed E-state index contributed by atoms with van der Waals surface area (Å²) in [4.78, 5) is 21.6. The van der Waals surface area contributed by atoms with E-state index in [0.29, 0.717) is 25.6 Å². The van der Waals surface area contributed by atoms with Crippen LogP contribution in [-0.4, -0.2) is 31.0 Å². The lowest BCUT2D eigenvalue weighted by molar-refractivity contribution is -0.384. The van der Waals surface area contributed by atoms with Crippen molar-refractivity contribution in [2.75, 3.05) is 25.9 Å². The van der Waals surface area contributed by atoms with Gasteiger partial charge in [0.05, 0.1) is 16.6 Å². The topological polar surface area (TPSA) is 110 Å². The Bertz CT molecular complexity index is 499. The van der Waals surface area contributed by atoms with Crippen molar-refractivity contribution in [3.05, 3.63) is 33.6 Å². The second-order valence-corrected chi connectivity index (χ2v) is 3.86.